The molecule has 0 spiro atoms. The molecule has 0 radical (unpaired) electrons. The molecule has 22 heavy (non-hydrogen) atoms. The number of alkyl carbamates (subject to hydrolysis) is 1. The summed E-state index contributed by atoms with van der Waals surface area (Å²) in [5.41, 5.74) is 0.826. The number of amides is 2. The summed E-state index contributed by atoms with van der Waals surface area (Å²) in [4.78, 5) is 34.2. The van der Waals surface area contributed by atoms with E-state index in [-0.39, 0.29) is 13.0 Å². The third-order valence-corrected chi connectivity index (χ3v) is 2.96. The minimum Gasteiger partial charge on any atom is -0.480 e. The zero-order valence-electron chi connectivity index (χ0n) is 12.5. The van der Waals surface area contributed by atoms with Crippen LogP contribution in [0.15, 0.2) is 30.3 Å². The van der Waals surface area contributed by atoms with E-state index in [1.165, 1.54) is 6.92 Å². The number of rotatable bonds is 7. The van der Waals surface area contributed by atoms with Gasteiger partial charge in [-0.2, -0.15) is 0 Å². The Hall–Kier alpha value is -2.57. The Morgan fingerprint density at radius 3 is 2.36 bits per heavy atom. The van der Waals surface area contributed by atoms with Crippen LogP contribution in [-0.2, 0) is 20.9 Å². The molecule has 0 heterocycles. The molecule has 7 nitrogen and oxygen atoms in total. The number of aliphatic carboxylic acids is 1. The molecule has 0 aliphatic rings. The number of nitrogens with one attached hydrogen (secondary N) is 2. The predicted octanol–water partition coefficient (Wildman–Crippen LogP) is 1.28. The second-order valence-electron chi connectivity index (χ2n) is 4.74. The molecule has 1 aromatic rings. The standard InChI is InChI=1S/C15H20N2O5/c1-3-12(14(19)20)17-13(18)10(2)16-15(21)22-9-11-7-5-4-6-8-11/h4-8,10,12H,3,9H2,1-2H3,(H,16,21)(H,17,18)(H,19,20)/t10-,12?/m0/s1. The van der Waals surface area contributed by atoms with Gasteiger partial charge in [0.25, 0.3) is 0 Å². The molecule has 2 amide bonds. The van der Waals surface area contributed by atoms with Gasteiger partial charge in [0, 0.05) is 0 Å². The van der Waals surface area contributed by atoms with Gasteiger partial charge in [-0.1, -0.05) is 37.3 Å². The van der Waals surface area contributed by atoms with Gasteiger partial charge < -0.3 is 20.5 Å². The largest absolute Gasteiger partial charge is 0.480 e. The van der Waals surface area contributed by atoms with Crippen molar-refractivity contribution in [2.24, 2.45) is 0 Å². The molecule has 120 valence electrons. The smallest absolute Gasteiger partial charge is 0.408 e. The Balaban J connectivity index is 2.39. The summed E-state index contributed by atoms with van der Waals surface area (Å²) in [7, 11) is 0. The van der Waals surface area contributed by atoms with Crippen molar-refractivity contribution in [1.29, 1.82) is 0 Å². The van der Waals surface area contributed by atoms with E-state index >= 15 is 0 Å². The molecular weight excluding hydrogens is 288 g/mol. The maximum absolute atomic E-state index is 11.8. The molecule has 0 aromatic heterocycles. The minimum atomic E-state index is -1.12. The maximum Gasteiger partial charge on any atom is 0.408 e. The van der Waals surface area contributed by atoms with E-state index in [9.17, 15) is 14.4 Å². The number of carboxylic acids is 1. The molecule has 3 N–H and O–H groups in total. The van der Waals surface area contributed by atoms with Crippen LogP contribution in [0.25, 0.3) is 0 Å². The number of carboxylic acid groups (broad SMARTS) is 1. The van der Waals surface area contributed by atoms with Crippen LogP contribution in [-0.4, -0.2) is 35.2 Å². The second-order valence-corrected chi connectivity index (χ2v) is 4.74. The number of benzene rings is 1. The van der Waals surface area contributed by atoms with Crippen LogP contribution < -0.4 is 10.6 Å². The van der Waals surface area contributed by atoms with Gasteiger partial charge in [-0.3, -0.25) is 4.79 Å². The molecule has 0 fully saturated rings. The Kier molecular flexibility index (Phi) is 6.88. The molecule has 1 aromatic carbocycles. The van der Waals surface area contributed by atoms with Gasteiger partial charge in [0.2, 0.25) is 5.91 Å². The highest BCUT2D eigenvalue weighted by atomic mass is 16.5. The number of carbonyl (C=O) groups is 3. The molecule has 0 saturated carbocycles. The molecule has 2 atom stereocenters. The normalized spacial score (nSPS) is 12.8. The van der Waals surface area contributed by atoms with E-state index < -0.39 is 30.1 Å². The fourth-order valence-corrected chi connectivity index (χ4v) is 1.64. The molecule has 0 saturated heterocycles. The SMILES string of the molecule is CCC(NC(=O)[C@H](C)NC(=O)OCc1ccccc1)C(=O)O. The zero-order valence-corrected chi connectivity index (χ0v) is 12.5. The van der Waals surface area contributed by atoms with E-state index in [4.69, 9.17) is 9.84 Å². The third kappa shape index (κ3) is 5.82. The second kappa shape index (κ2) is 8.66. The first-order valence-electron chi connectivity index (χ1n) is 6.94. The lowest BCUT2D eigenvalue weighted by Gasteiger charge is -2.17. The molecule has 0 aliphatic heterocycles. The quantitative estimate of drug-likeness (QED) is 0.704. The van der Waals surface area contributed by atoms with Crippen LogP contribution in [0, 0.1) is 0 Å². The van der Waals surface area contributed by atoms with Crippen molar-refractivity contribution in [2.45, 2.75) is 39.0 Å². The van der Waals surface area contributed by atoms with Crippen molar-refractivity contribution in [3.05, 3.63) is 35.9 Å². The topological polar surface area (TPSA) is 105 Å². The first-order chi connectivity index (χ1) is 10.4. The summed E-state index contributed by atoms with van der Waals surface area (Å²) >= 11 is 0. The Labute approximate surface area is 128 Å². The van der Waals surface area contributed by atoms with Gasteiger partial charge in [0.05, 0.1) is 0 Å². The molecule has 1 rings (SSSR count). The average molecular weight is 308 g/mol. The fourth-order valence-electron chi connectivity index (χ4n) is 1.64. The van der Waals surface area contributed by atoms with Gasteiger partial charge in [-0.15, -0.1) is 0 Å². The Morgan fingerprint density at radius 1 is 1.18 bits per heavy atom. The Morgan fingerprint density at radius 2 is 1.82 bits per heavy atom. The van der Waals surface area contributed by atoms with Crippen molar-refractivity contribution in [1.82, 2.24) is 10.6 Å². The summed E-state index contributed by atoms with van der Waals surface area (Å²) < 4.78 is 4.98. The van der Waals surface area contributed by atoms with E-state index in [2.05, 4.69) is 10.6 Å². The number of hydrogen-bond donors (Lipinski definition) is 3. The lowest BCUT2D eigenvalue weighted by molar-refractivity contribution is -0.142. The van der Waals surface area contributed by atoms with E-state index in [1.807, 2.05) is 30.3 Å². The zero-order chi connectivity index (χ0) is 16.5. The van der Waals surface area contributed by atoms with Crippen LogP contribution in [0.4, 0.5) is 4.79 Å². The van der Waals surface area contributed by atoms with Gasteiger partial charge in [-0.25, -0.2) is 9.59 Å². The minimum absolute atomic E-state index is 0.0910. The van der Waals surface area contributed by atoms with Gasteiger partial charge in [0.1, 0.15) is 18.7 Å². The summed E-state index contributed by atoms with van der Waals surface area (Å²) in [5.74, 6) is -1.69. The fraction of sp³-hybridized carbons (Fsp3) is 0.400. The van der Waals surface area contributed by atoms with Gasteiger partial charge in [-0.05, 0) is 18.9 Å². The summed E-state index contributed by atoms with van der Waals surface area (Å²) in [6.45, 7) is 3.19. The van der Waals surface area contributed by atoms with Crippen molar-refractivity contribution in [3.8, 4) is 0 Å². The van der Waals surface area contributed by atoms with Crippen LogP contribution >= 0.6 is 0 Å². The van der Waals surface area contributed by atoms with Crippen LogP contribution in [0.3, 0.4) is 0 Å². The van der Waals surface area contributed by atoms with Gasteiger partial charge >= 0.3 is 12.1 Å². The van der Waals surface area contributed by atoms with Crippen LogP contribution in [0.1, 0.15) is 25.8 Å². The summed E-state index contributed by atoms with van der Waals surface area (Å²) in [6.07, 6.45) is -0.485. The van der Waals surface area contributed by atoms with Crippen LogP contribution in [0.2, 0.25) is 0 Å². The highest BCUT2D eigenvalue weighted by molar-refractivity contribution is 5.88. The van der Waals surface area contributed by atoms with Crippen molar-refractivity contribution in [2.75, 3.05) is 0 Å². The highest BCUT2D eigenvalue weighted by Gasteiger charge is 2.22. The third-order valence-electron chi connectivity index (χ3n) is 2.96. The number of hydrogen-bond acceptors (Lipinski definition) is 4. The molecule has 1 unspecified atom stereocenters. The van der Waals surface area contributed by atoms with E-state index in [1.54, 1.807) is 6.92 Å². The number of carbonyl (C=O) groups excluding carboxylic acids is 2. The number of ether oxygens (including phenoxy) is 1. The monoisotopic (exact) mass is 308 g/mol. The average Bonchev–Trinajstić information content (AvgIpc) is 2.50. The Bertz CT molecular complexity index is 518. The van der Waals surface area contributed by atoms with Crippen molar-refractivity contribution >= 4 is 18.0 Å². The van der Waals surface area contributed by atoms with Crippen LogP contribution in [0.5, 0.6) is 0 Å². The van der Waals surface area contributed by atoms with E-state index in [0.29, 0.717) is 0 Å². The predicted molar refractivity (Wildman–Crippen MR) is 79.1 cm³/mol. The summed E-state index contributed by atoms with van der Waals surface area (Å²) in [6, 6.07) is 7.24. The molecular formula is C15H20N2O5. The molecule has 7 heteroatoms. The van der Waals surface area contributed by atoms with Gasteiger partial charge in [0.15, 0.2) is 0 Å². The highest BCUT2D eigenvalue weighted by Crippen LogP contribution is 2.01. The van der Waals surface area contributed by atoms with E-state index in [0.717, 1.165) is 5.56 Å². The first kappa shape index (κ1) is 17.5. The van der Waals surface area contributed by atoms with Crippen molar-refractivity contribution < 1.29 is 24.2 Å². The maximum atomic E-state index is 11.8. The first-order valence-corrected chi connectivity index (χ1v) is 6.94. The molecule has 0 aliphatic carbocycles. The molecule has 0 bridgehead atoms. The lowest BCUT2D eigenvalue weighted by Crippen LogP contribution is -2.50. The van der Waals surface area contributed by atoms with Crippen molar-refractivity contribution in [3.63, 3.8) is 0 Å². The summed E-state index contributed by atoms with van der Waals surface area (Å²) in [5, 5.41) is 13.6. The lowest BCUT2D eigenvalue weighted by atomic mass is 10.2.